The number of hydrogen-bond acceptors (Lipinski definition) is 6. The molecule has 5 heterocycles. The summed E-state index contributed by atoms with van der Waals surface area (Å²) in [5.74, 6) is 2.09. The van der Waals surface area contributed by atoms with Gasteiger partial charge in [-0.2, -0.15) is 0 Å². The SMILES string of the molecule is Fc1cccnc1N1CC2(C1)CN(c1nnc3n1-c1ccc(Cl)cc1CN(C1CC1)C3)C2. The summed E-state index contributed by atoms with van der Waals surface area (Å²) < 4.78 is 16.3. The highest BCUT2D eigenvalue weighted by Gasteiger charge is 2.54. The lowest BCUT2D eigenvalue weighted by Crippen LogP contribution is -2.73. The van der Waals surface area contributed by atoms with Crippen molar-refractivity contribution in [2.24, 2.45) is 5.41 Å². The molecule has 7 rings (SSSR count). The molecule has 1 spiro atoms. The van der Waals surface area contributed by atoms with Crippen LogP contribution in [0.3, 0.4) is 0 Å². The lowest BCUT2D eigenvalue weighted by atomic mass is 9.73. The zero-order valence-electron chi connectivity index (χ0n) is 17.6. The second-order valence-electron chi connectivity index (χ2n) is 9.68. The van der Waals surface area contributed by atoms with Crippen molar-refractivity contribution >= 4 is 23.4 Å². The molecule has 0 radical (unpaired) electrons. The smallest absolute Gasteiger partial charge is 0.231 e. The van der Waals surface area contributed by atoms with E-state index in [2.05, 4.69) is 41.7 Å². The maximum atomic E-state index is 14.1. The molecule has 164 valence electrons. The van der Waals surface area contributed by atoms with Crippen LogP contribution in [0.4, 0.5) is 16.2 Å². The van der Waals surface area contributed by atoms with Gasteiger partial charge in [-0.25, -0.2) is 9.37 Å². The van der Waals surface area contributed by atoms with Crippen LogP contribution in [-0.2, 0) is 13.1 Å². The number of aromatic nitrogens is 4. The number of anilines is 2. The Morgan fingerprint density at radius 3 is 2.59 bits per heavy atom. The third-order valence-electron chi connectivity index (χ3n) is 7.20. The van der Waals surface area contributed by atoms with E-state index >= 15 is 0 Å². The van der Waals surface area contributed by atoms with Crippen LogP contribution in [0, 0.1) is 11.2 Å². The highest BCUT2D eigenvalue weighted by atomic mass is 35.5. The molecule has 4 aliphatic rings. The van der Waals surface area contributed by atoms with Crippen LogP contribution in [0.25, 0.3) is 5.69 Å². The molecule has 2 saturated heterocycles. The van der Waals surface area contributed by atoms with Crippen LogP contribution in [0.5, 0.6) is 0 Å². The van der Waals surface area contributed by atoms with E-state index in [0.29, 0.717) is 11.9 Å². The van der Waals surface area contributed by atoms with Gasteiger partial charge in [-0.1, -0.05) is 11.6 Å². The number of rotatable bonds is 3. The van der Waals surface area contributed by atoms with Crippen LogP contribution in [0.15, 0.2) is 36.5 Å². The van der Waals surface area contributed by atoms with Crippen molar-refractivity contribution in [3.8, 4) is 5.69 Å². The Hall–Kier alpha value is -2.71. The van der Waals surface area contributed by atoms with Crippen LogP contribution in [0.1, 0.15) is 24.2 Å². The highest BCUT2D eigenvalue weighted by Crippen LogP contribution is 2.44. The van der Waals surface area contributed by atoms with E-state index in [-0.39, 0.29) is 11.2 Å². The highest BCUT2D eigenvalue weighted by molar-refractivity contribution is 6.30. The maximum absolute atomic E-state index is 14.1. The maximum Gasteiger partial charge on any atom is 0.231 e. The lowest BCUT2D eigenvalue weighted by molar-refractivity contribution is 0.152. The van der Waals surface area contributed by atoms with Crippen molar-refractivity contribution in [2.45, 2.75) is 32.0 Å². The topological polar surface area (TPSA) is 53.3 Å². The van der Waals surface area contributed by atoms with Crippen LogP contribution >= 0.6 is 11.6 Å². The van der Waals surface area contributed by atoms with E-state index in [9.17, 15) is 4.39 Å². The standard InChI is InChI=1S/C23H23ClFN7/c24-16-3-6-19-15(8-16)9-29(17-4-5-17)10-20-27-28-22(32(19)20)31-13-23(14-31)11-30(12-23)21-18(25)2-1-7-26-21/h1-3,6-8,17H,4-5,9-14H2. The van der Waals surface area contributed by atoms with Gasteiger partial charge in [0.05, 0.1) is 12.2 Å². The predicted octanol–water partition coefficient (Wildman–Crippen LogP) is 3.26. The van der Waals surface area contributed by atoms with Crippen molar-refractivity contribution in [1.82, 2.24) is 24.6 Å². The van der Waals surface area contributed by atoms with Crippen LogP contribution < -0.4 is 9.80 Å². The Morgan fingerprint density at radius 1 is 1.00 bits per heavy atom. The molecule has 9 heteroatoms. The first-order valence-corrected chi connectivity index (χ1v) is 11.5. The fraction of sp³-hybridized carbons (Fsp3) is 0.435. The van der Waals surface area contributed by atoms with Gasteiger partial charge in [-0.15, -0.1) is 10.2 Å². The predicted molar refractivity (Wildman–Crippen MR) is 120 cm³/mol. The third kappa shape index (κ3) is 2.85. The van der Waals surface area contributed by atoms with Gasteiger partial charge in [0.2, 0.25) is 5.95 Å². The molecule has 32 heavy (non-hydrogen) atoms. The van der Waals surface area contributed by atoms with Crippen LogP contribution in [0.2, 0.25) is 5.02 Å². The van der Waals surface area contributed by atoms with Crippen molar-refractivity contribution < 1.29 is 4.39 Å². The molecule has 1 aliphatic carbocycles. The molecule has 3 aliphatic heterocycles. The summed E-state index contributed by atoms with van der Waals surface area (Å²) in [6.07, 6.45) is 4.15. The van der Waals surface area contributed by atoms with Gasteiger partial charge in [-0.3, -0.25) is 9.47 Å². The van der Waals surface area contributed by atoms with Gasteiger partial charge in [0.15, 0.2) is 17.5 Å². The van der Waals surface area contributed by atoms with E-state index in [1.807, 2.05) is 11.0 Å². The quantitative estimate of drug-likeness (QED) is 0.609. The molecule has 0 atom stereocenters. The molecule has 3 fully saturated rings. The van der Waals surface area contributed by atoms with Crippen molar-refractivity contribution in [3.63, 3.8) is 0 Å². The first-order valence-electron chi connectivity index (χ1n) is 11.2. The lowest BCUT2D eigenvalue weighted by Gasteiger charge is -2.60. The van der Waals surface area contributed by atoms with Gasteiger partial charge in [-0.05, 0) is 48.7 Å². The number of nitrogens with zero attached hydrogens (tertiary/aromatic N) is 7. The van der Waals surface area contributed by atoms with Gasteiger partial charge in [0, 0.05) is 55.4 Å². The molecule has 0 amide bonds. The van der Waals surface area contributed by atoms with E-state index in [1.54, 1.807) is 12.3 Å². The normalized spacial score (nSPS) is 21.6. The molecule has 0 N–H and O–H groups in total. The summed E-state index contributed by atoms with van der Waals surface area (Å²) in [6.45, 7) is 5.12. The summed E-state index contributed by atoms with van der Waals surface area (Å²) >= 11 is 6.35. The zero-order valence-corrected chi connectivity index (χ0v) is 18.3. The minimum atomic E-state index is -0.253. The number of pyridine rings is 1. The van der Waals surface area contributed by atoms with Crippen molar-refractivity contribution in [3.05, 3.63) is 58.8 Å². The van der Waals surface area contributed by atoms with Crippen molar-refractivity contribution in [2.75, 3.05) is 36.0 Å². The minimum Gasteiger partial charge on any atom is -0.353 e. The third-order valence-corrected chi connectivity index (χ3v) is 7.44. The van der Waals surface area contributed by atoms with E-state index in [4.69, 9.17) is 11.6 Å². The first-order chi connectivity index (χ1) is 15.6. The number of fused-ring (bicyclic) bond motifs is 3. The molecule has 1 aromatic carbocycles. The summed E-state index contributed by atoms with van der Waals surface area (Å²) in [6, 6.07) is 9.85. The Labute approximate surface area is 190 Å². The second kappa shape index (κ2) is 6.65. The molecule has 2 aromatic heterocycles. The number of benzene rings is 1. The van der Waals surface area contributed by atoms with E-state index < -0.39 is 0 Å². The molecule has 3 aromatic rings. The van der Waals surface area contributed by atoms with Gasteiger partial charge in [0.25, 0.3) is 0 Å². The number of halogens is 2. The summed E-state index contributed by atoms with van der Waals surface area (Å²) in [5, 5.41) is 9.96. The van der Waals surface area contributed by atoms with Crippen molar-refractivity contribution in [1.29, 1.82) is 0 Å². The Kier molecular flexibility index (Phi) is 3.91. The fourth-order valence-electron chi connectivity index (χ4n) is 5.54. The summed E-state index contributed by atoms with van der Waals surface area (Å²) in [7, 11) is 0. The van der Waals surface area contributed by atoms with Crippen LogP contribution in [-0.4, -0.2) is 56.9 Å². The molecular weight excluding hydrogens is 429 g/mol. The number of hydrogen-bond donors (Lipinski definition) is 0. The van der Waals surface area contributed by atoms with Gasteiger partial charge >= 0.3 is 0 Å². The Bertz CT molecular complexity index is 1210. The van der Waals surface area contributed by atoms with Gasteiger partial charge < -0.3 is 9.80 Å². The molecule has 7 nitrogen and oxygen atoms in total. The van der Waals surface area contributed by atoms with E-state index in [1.165, 1.54) is 24.5 Å². The molecular formula is C23H23ClFN7. The largest absolute Gasteiger partial charge is 0.353 e. The Morgan fingerprint density at radius 2 is 1.81 bits per heavy atom. The second-order valence-corrected chi connectivity index (χ2v) is 10.1. The molecule has 0 unspecified atom stereocenters. The molecule has 0 bridgehead atoms. The Balaban J connectivity index is 1.15. The zero-order chi connectivity index (χ0) is 21.4. The average molecular weight is 452 g/mol. The fourth-order valence-corrected chi connectivity index (χ4v) is 5.74. The monoisotopic (exact) mass is 451 g/mol. The first kappa shape index (κ1) is 18.8. The van der Waals surface area contributed by atoms with Gasteiger partial charge in [0.1, 0.15) is 0 Å². The minimum absolute atomic E-state index is 0.171. The average Bonchev–Trinajstić information content (AvgIpc) is 3.51. The summed E-state index contributed by atoms with van der Waals surface area (Å²) in [4.78, 5) is 11.0. The summed E-state index contributed by atoms with van der Waals surface area (Å²) in [5.41, 5.74) is 2.52. The molecule has 1 saturated carbocycles. The van der Waals surface area contributed by atoms with E-state index in [0.717, 1.165) is 61.8 Å².